The lowest BCUT2D eigenvalue weighted by Gasteiger charge is -2.44. The molecule has 1 aromatic carbocycles. The smallest absolute Gasteiger partial charge is 0.227 e. The van der Waals surface area contributed by atoms with Gasteiger partial charge in [-0.25, -0.2) is 4.31 Å². The standard InChI is InChI=1S/C24H32N2O5S/c27-23-12-22(15-25-13-19-4-1-2-5-20(19)14-25)30-17-24(23)31-16-18-6-8-21(9-7-18)26-10-3-11-32(26,28)29/h1-2,4-5,12,17-18,21,28-29H,3,6-11,13-16H2. The zero-order chi connectivity index (χ0) is 22.1. The summed E-state index contributed by atoms with van der Waals surface area (Å²) in [5.41, 5.74) is 2.53. The van der Waals surface area contributed by atoms with E-state index in [2.05, 4.69) is 29.2 Å². The van der Waals surface area contributed by atoms with Crippen LogP contribution in [0.3, 0.4) is 0 Å². The average Bonchev–Trinajstić information content (AvgIpc) is 3.35. The fourth-order valence-corrected chi connectivity index (χ4v) is 7.13. The second kappa shape index (κ2) is 9.19. The second-order valence-electron chi connectivity index (χ2n) is 9.30. The van der Waals surface area contributed by atoms with Gasteiger partial charge < -0.3 is 9.15 Å². The van der Waals surface area contributed by atoms with Gasteiger partial charge in [0.2, 0.25) is 11.2 Å². The fourth-order valence-electron chi connectivity index (χ4n) is 5.27. The van der Waals surface area contributed by atoms with Crippen LogP contribution in [0, 0.1) is 5.92 Å². The summed E-state index contributed by atoms with van der Waals surface area (Å²) >= 11 is 0. The maximum absolute atomic E-state index is 12.5. The normalized spacial score (nSPS) is 26.7. The first kappa shape index (κ1) is 22.0. The van der Waals surface area contributed by atoms with Gasteiger partial charge in [0.25, 0.3) is 0 Å². The molecule has 1 saturated carbocycles. The molecule has 1 aromatic heterocycles. The van der Waals surface area contributed by atoms with Crippen LogP contribution in [0.15, 0.2) is 45.8 Å². The molecule has 7 nitrogen and oxygen atoms in total. The third kappa shape index (κ3) is 4.75. The topological polar surface area (TPSA) is 86.4 Å². The van der Waals surface area contributed by atoms with Crippen molar-refractivity contribution >= 4 is 10.8 Å². The average molecular weight is 461 g/mol. The molecule has 0 atom stereocenters. The molecule has 0 radical (unpaired) electrons. The number of ether oxygens (including phenoxy) is 1. The minimum Gasteiger partial charge on any atom is -0.486 e. The van der Waals surface area contributed by atoms with Gasteiger partial charge in [-0.2, -0.15) is 0 Å². The van der Waals surface area contributed by atoms with Crippen molar-refractivity contribution in [3.8, 4) is 5.75 Å². The van der Waals surface area contributed by atoms with Crippen molar-refractivity contribution in [1.29, 1.82) is 0 Å². The lowest BCUT2D eigenvalue weighted by atomic mass is 9.86. The molecule has 32 heavy (non-hydrogen) atoms. The van der Waals surface area contributed by atoms with E-state index >= 15 is 0 Å². The Morgan fingerprint density at radius 3 is 2.44 bits per heavy atom. The Morgan fingerprint density at radius 2 is 1.81 bits per heavy atom. The summed E-state index contributed by atoms with van der Waals surface area (Å²) in [5, 5.41) is 0. The second-order valence-corrected chi connectivity index (χ2v) is 11.4. The molecule has 1 aliphatic carbocycles. The van der Waals surface area contributed by atoms with E-state index in [0.29, 0.717) is 30.6 Å². The van der Waals surface area contributed by atoms with E-state index < -0.39 is 10.8 Å². The van der Waals surface area contributed by atoms with E-state index in [4.69, 9.17) is 9.15 Å². The monoisotopic (exact) mass is 460 g/mol. The van der Waals surface area contributed by atoms with E-state index in [1.54, 1.807) is 6.07 Å². The zero-order valence-corrected chi connectivity index (χ0v) is 19.1. The molecule has 1 saturated heterocycles. The molecule has 3 aliphatic rings. The summed E-state index contributed by atoms with van der Waals surface area (Å²) < 4.78 is 33.9. The maximum Gasteiger partial charge on any atom is 0.227 e. The van der Waals surface area contributed by atoms with Crippen molar-refractivity contribution in [1.82, 2.24) is 9.21 Å². The molecule has 2 aliphatic heterocycles. The van der Waals surface area contributed by atoms with Gasteiger partial charge >= 0.3 is 0 Å². The van der Waals surface area contributed by atoms with Crippen LogP contribution in [0.2, 0.25) is 0 Å². The van der Waals surface area contributed by atoms with Gasteiger partial charge in [0.05, 0.1) is 18.9 Å². The van der Waals surface area contributed by atoms with Crippen molar-refractivity contribution in [3.05, 3.63) is 63.7 Å². The molecule has 0 unspecified atom stereocenters. The molecule has 2 aromatic rings. The van der Waals surface area contributed by atoms with Gasteiger partial charge in [0, 0.05) is 31.7 Å². The van der Waals surface area contributed by atoms with E-state index in [1.165, 1.54) is 17.4 Å². The van der Waals surface area contributed by atoms with Gasteiger partial charge in [-0.15, -0.1) is 10.8 Å². The Kier molecular flexibility index (Phi) is 6.31. The highest BCUT2D eigenvalue weighted by Gasteiger charge is 2.36. The third-order valence-corrected chi connectivity index (χ3v) is 9.08. The number of rotatable bonds is 6. The lowest BCUT2D eigenvalue weighted by Crippen LogP contribution is -2.38. The van der Waals surface area contributed by atoms with Crippen LogP contribution in [0.5, 0.6) is 5.75 Å². The maximum atomic E-state index is 12.5. The first-order valence-electron chi connectivity index (χ1n) is 11.5. The molecular weight excluding hydrogens is 428 g/mol. The van der Waals surface area contributed by atoms with Crippen LogP contribution >= 0.6 is 10.8 Å². The number of hydrogen-bond acceptors (Lipinski definition) is 7. The molecule has 0 spiro atoms. The van der Waals surface area contributed by atoms with Gasteiger partial charge in [-0.05, 0) is 49.1 Å². The summed E-state index contributed by atoms with van der Waals surface area (Å²) in [6, 6.07) is 10.2. The molecule has 0 amide bonds. The lowest BCUT2D eigenvalue weighted by molar-refractivity contribution is 0.159. The van der Waals surface area contributed by atoms with Crippen molar-refractivity contribution in [2.45, 2.75) is 57.8 Å². The Bertz CT molecular complexity index is 977. The van der Waals surface area contributed by atoms with Crippen molar-refractivity contribution in [2.75, 3.05) is 18.9 Å². The molecular formula is C24H32N2O5S. The molecule has 5 rings (SSSR count). The molecule has 3 heterocycles. The minimum absolute atomic E-state index is 0.136. The number of fused-ring (bicyclic) bond motifs is 1. The first-order chi connectivity index (χ1) is 15.5. The van der Waals surface area contributed by atoms with Crippen LogP contribution in [-0.4, -0.2) is 43.3 Å². The van der Waals surface area contributed by atoms with E-state index in [1.807, 2.05) is 4.31 Å². The summed E-state index contributed by atoms with van der Waals surface area (Å²) in [6.07, 6.45) is 6.13. The van der Waals surface area contributed by atoms with Crippen molar-refractivity contribution < 1.29 is 18.3 Å². The van der Waals surface area contributed by atoms with Crippen LogP contribution < -0.4 is 10.2 Å². The first-order valence-corrected chi connectivity index (χ1v) is 13.2. The SMILES string of the molecule is O=c1cc(CN2Cc3ccccc3C2)occ1OCC1CCC(N2CCCS2(O)O)CC1. The van der Waals surface area contributed by atoms with Gasteiger partial charge in [0.15, 0.2) is 0 Å². The van der Waals surface area contributed by atoms with Crippen LogP contribution in [0.25, 0.3) is 0 Å². The number of hydrogen-bond donors (Lipinski definition) is 2. The Balaban J connectivity index is 1.10. The quantitative estimate of drug-likeness (QED) is 0.658. The van der Waals surface area contributed by atoms with Crippen LogP contribution in [-0.2, 0) is 19.6 Å². The van der Waals surface area contributed by atoms with Gasteiger partial charge in [-0.3, -0.25) is 18.8 Å². The Morgan fingerprint density at radius 1 is 1.09 bits per heavy atom. The highest BCUT2D eigenvalue weighted by atomic mass is 32.3. The Hall–Kier alpha value is -1.84. The van der Waals surface area contributed by atoms with Crippen molar-refractivity contribution in [2.24, 2.45) is 5.92 Å². The Labute approximate surface area is 190 Å². The largest absolute Gasteiger partial charge is 0.486 e. The molecule has 2 N–H and O–H groups in total. The number of benzene rings is 1. The van der Waals surface area contributed by atoms with E-state index in [0.717, 1.165) is 51.7 Å². The zero-order valence-electron chi connectivity index (χ0n) is 18.3. The van der Waals surface area contributed by atoms with Gasteiger partial charge in [0.1, 0.15) is 12.0 Å². The van der Waals surface area contributed by atoms with E-state index in [9.17, 15) is 13.9 Å². The van der Waals surface area contributed by atoms with E-state index in [-0.39, 0.29) is 17.2 Å². The summed E-state index contributed by atoms with van der Waals surface area (Å²) in [4.78, 5) is 14.8. The summed E-state index contributed by atoms with van der Waals surface area (Å²) in [6.45, 7) is 3.62. The highest BCUT2D eigenvalue weighted by Crippen LogP contribution is 2.51. The van der Waals surface area contributed by atoms with Crippen LogP contribution in [0.4, 0.5) is 0 Å². The van der Waals surface area contributed by atoms with Crippen molar-refractivity contribution in [3.63, 3.8) is 0 Å². The molecule has 2 fully saturated rings. The fraction of sp³-hybridized carbons (Fsp3) is 0.542. The van der Waals surface area contributed by atoms with Gasteiger partial charge in [-0.1, -0.05) is 24.3 Å². The number of nitrogens with zero attached hydrogens (tertiary/aromatic N) is 2. The predicted molar refractivity (Wildman–Crippen MR) is 125 cm³/mol. The molecule has 0 bridgehead atoms. The highest BCUT2D eigenvalue weighted by molar-refractivity contribution is 8.22. The minimum atomic E-state index is -2.55. The third-order valence-electron chi connectivity index (χ3n) is 7.01. The van der Waals surface area contributed by atoms with Crippen LogP contribution in [0.1, 0.15) is 49.0 Å². The summed E-state index contributed by atoms with van der Waals surface area (Å²) in [7, 11) is -2.55. The summed E-state index contributed by atoms with van der Waals surface area (Å²) in [5.74, 6) is 1.80. The molecule has 174 valence electrons. The predicted octanol–water partition coefficient (Wildman–Crippen LogP) is 4.46. The molecule has 8 heteroatoms.